The summed E-state index contributed by atoms with van der Waals surface area (Å²) in [4.78, 5) is 10.5. The molecule has 2 nitrogen and oxygen atoms in total. The Morgan fingerprint density at radius 3 is 2.38 bits per heavy atom. The second-order valence-electron chi connectivity index (χ2n) is 2.15. The molecule has 0 radical (unpaired) electrons. The molecule has 0 spiro atoms. The van der Waals surface area contributed by atoms with Crippen LogP contribution in [0.5, 0.6) is 0 Å². The molecule has 0 bridgehead atoms. The molecule has 0 saturated heterocycles. The van der Waals surface area contributed by atoms with Crippen LogP contribution in [0.3, 0.4) is 0 Å². The van der Waals surface area contributed by atoms with Crippen molar-refractivity contribution in [2.75, 3.05) is 0 Å². The summed E-state index contributed by atoms with van der Waals surface area (Å²) in [6.07, 6.45) is 0. The molecule has 1 N–H and O–H groups in total. The Kier molecular flexibility index (Phi) is 3.44. The highest BCUT2D eigenvalue weighted by Gasteiger charge is 2.20. The van der Waals surface area contributed by atoms with Crippen LogP contribution in [0.25, 0.3) is 0 Å². The van der Waals surface area contributed by atoms with Gasteiger partial charge in [-0.1, -0.05) is 0 Å². The van der Waals surface area contributed by atoms with Gasteiger partial charge in [-0.05, 0) is 51.2 Å². The Morgan fingerprint density at radius 1 is 1.38 bits per heavy atom. The third-order valence-electron chi connectivity index (χ3n) is 1.33. The summed E-state index contributed by atoms with van der Waals surface area (Å²) in [5.74, 6) is -3.07. The van der Waals surface area contributed by atoms with Gasteiger partial charge >= 0.3 is 5.97 Å². The number of hydrogen-bond donors (Lipinski definition) is 1. The van der Waals surface area contributed by atoms with Crippen molar-refractivity contribution in [3.63, 3.8) is 0 Å². The minimum absolute atomic E-state index is 0.0343. The number of halogens is 4. The Bertz CT molecular complexity index is 353. The van der Waals surface area contributed by atoms with Crippen molar-refractivity contribution in [3.8, 4) is 0 Å². The first-order valence-corrected chi connectivity index (χ1v) is 5.17. The van der Waals surface area contributed by atoms with Gasteiger partial charge in [0.15, 0.2) is 5.82 Å². The molecule has 0 fully saturated rings. The van der Waals surface area contributed by atoms with Gasteiger partial charge in [-0.2, -0.15) is 0 Å². The smallest absolute Gasteiger partial charge is 0.339 e. The zero-order valence-electron chi connectivity index (χ0n) is 5.94. The van der Waals surface area contributed by atoms with Crippen molar-refractivity contribution in [3.05, 3.63) is 30.4 Å². The van der Waals surface area contributed by atoms with E-state index in [1.807, 2.05) is 0 Å². The van der Waals surface area contributed by atoms with E-state index in [0.717, 1.165) is 6.07 Å². The van der Waals surface area contributed by atoms with Crippen LogP contribution in [0, 0.1) is 18.8 Å². The SMILES string of the molecule is O=C(O)c1c(F)c(I)cc(F)c1I. The molecule has 0 amide bonds. The van der Waals surface area contributed by atoms with E-state index in [1.165, 1.54) is 22.6 Å². The average Bonchev–Trinajstić information content (AvgIpc) is 2.01. The highest BCUT2D eigenvalue weighted by Crippen LogP contribution is 2.24. The van der Waals surface area contributed by atoms with Crippen LogP contribution >= 0.6 is 45.2 Å². The van der Waals surface area contributed by atoms with E-state index in [0.29, 0.717) is 0 Å². The van der Waals surface area contributed by atoms with E-state index in [-0.39, 0.29) is 7.14 Å². The molecule has 0 aliphatic heterocycles. The fourth-order valence-corrected chi connectivity index (χ4v) is 1.93. The van der Waals surface area contributed by atoms with Crippen molar-refractivity contribution < 1.29 is 18.7 Å². The molecule has 0 atom stereocenters. The topological polar surface area (TPSA) is 37.3 Å². The van der Waals surface area contributed by atoms with Crippen molar-refractivity contribution in [2.24, 2.45) is 0 Å². The van der Waals surface area contributed by atoms with Gasteiger partial charge in [0, 0.05) is 0 Å². The number of carboxylic acid groups (broad SMARTS) is 1. The van der Waals surface area contributed by atoms with Crippen molar-refractivity contribution in [1.29, 1.82) is 0 Å². The molecule has 13 heavy (non-hydrogen) atoms. The van der Waals surface area contributed by atoms with E-state index in [1.54, 1.807) is 22.6 Å². The van der Waals surface area contributed by atoms with Crippen LogP contribution in [0.4, 0.5) is 8.78 Å². The normalized spacial score (nSPS) is 10.2. The van der Waals surface area contributed by atoms with Crippen LogP contribution in [-0.4, -0.2) is 11.1 Å². The van der Waals surface area contributed by atoms with Crippen LogP contribution in [0.2, 0.25) is 0 Å². The number of carboxylic acids is 1. The Balaban J connectivity index is 3.56. The molecule has 0 saturated carbocycles. The number of aromatic carboxylic acids is 1. The van der Waals surface area contributed by atoms with E-state index in [9.17, 15) is 13.6 Å². The molecule has 1 aromatic rings. The predicted molar refractivity (Wildman–Crippen MR) is 58.8 cm³/mol. The fourth-order valence-electron chi connectivity index (χ4n) is 0.761. The predicted octanol–water partition coefficient (Wildman–Crippen LogP) is 2.87. The third-order valence-corrected chi connectivity index (χ3v) is 3.17. The quantitative estimate of drug-likeness (QED) is 0.572. The summed E-state index contributed by atoms with van der Waals surface area (Å²) in [6, 6.07) is 0.962. The van der Waals surface area contributed by atoms with Crippen LogP contribution in [0.15, 0.2) is 6.07 Å². The lowest BCUT2D eigenvalue weighted by atomic mass is 10.2. The van der Waals surface area contributed by atoms with Gasteiger partial charge < -0.3 is 5.11 Å². The zero-order chi connectivity index (χ0) is 10.2. The number of hydrogen-bond acceptors (Lipinski definition) is 1. The lowest BCUT2D eigenvalue weighted by Crippen LogP contribution is -2.07. The minimum atomic E-state index is -1.46. The molecule has 0 heterocycles. The summed E-state index contributed by atoms with van der Waals surface area (Å²) in [6.45, 7) is 0. The maximum atomic E-state index is 13.1. The molecule has 6 heteroatoms. The van der Waals surface area contributed by atoms with E-state index >= 15 is 0 Å². The summed E-state index contributed by atoms with van der Waals surface area (Å²) in [7, 11) is 0. The Hall–Kier alpha value is 0.01000. The standard InChI is InChI=1S/C7H2F2I2O2/c8-2-1-3(10)5(9)4(6(2)11)7(12)13/h1H,(H,12,13). The molecule has 0 aliphatic carbocycles. The largest absolute Gasteiger partial charge is 0.478 e. The van der Waals surface area contributed by atoms with Gasteiger partial charge in [-0.15, -0.1) is 0 Å². The van der Waals surface area contributed by atoms with Crippen molar-refractivity contribution in [1.82, 2.24) is 0 Å². The molecule has 70 valence electrons. The first-order chi connectivity index (χ1) is 5.95. The van der Waals surface area contributed by atoms with Gasteiger partial charge in [-0.3, -0.25) is 0 Å². The maximum Gasteiger partial charge on any atom is 0.339 e. The summed E-state index contributed by atoms with van der Waals surface area (Å²) in [5.41, 5.74) is -0.606. The second kappa shape index (κ2) is 4.03. The van der Waals surface area contributed by atoms with Crippen LogP contribution in [0.1, 0.15) is 10.4 Å². The molecule has 1 aromatic carbocycles. The van der Waals surface area contributed by atoms with Crippen LogP contribution < -0.4 is 0 Å². The van der Waals surface area contributed by atoms with E-state index in [4.69, 9.17) is 5.11 Å². The molecular formula is C7H2F2I2O2. The molecule has 0 aromatic heterocycles. The Morgan fingerprint density at radius 2 is 1.92 bits per heavy atom. The van der Waals surface area contributed by atoms with Crippen LogP contribution in [-0.2, 0) is 0 Å². The zero-order valence-corrected chi connectivity index (χ0v) is 10.3. The lowest BCUT2D eigenvalue weighted by Gasteiger charge is -2.03. The third kappa shape index (κ3) is 2.09. The van der Waals surface area contributed by atoms with Gasteiger partial charge in [0.25, 0.3) is 0 Å². The highest BCUT2D eigenvalue weighted by atomic mass is 127. The molecule has 1 rings (SSSR count). The Labute approximate surface area is 99.6 Å². The molecule has 0 aliphatic rings. The second-order valence-corrected chi connectivity index (χ2v) is 4.39. The first-order valence-electron chi connectivity index (χ1n) is 3.01. The van der Waals surface area contributed by atoms with E-state index < -0.39 is 23.2 Å². The van der Waals surface area contributed by atoms with Crippen molar-refractivity contribution >= 4 is 51.2 Å². The summed E-state index contributed by atoms with van der Waals surface area (Å²) < 4.78 is 25.8. The average molecular weight is 410 g/mol. The van der Waals surface area contributed by atoms with E-state index in [2.05, 4.69) is 0 Å². The molecule has 0 unspecified atom stereocenters. The first kappa shape index (κ1) is 11.1. The molecular weight excluding hydrogens is 408 g/mol. The lowest BCUT2D eigenvalue weighted by molar-refractivity contribution is 0.0689. The number of benzene rings is 1. The maximum absolute atomic E-state index is 13.1. The van der Waals surface area contributed by atoms with Crippen molar-refractivity contribution in [2.45, 2.75) is 0 Å². The number of carbonyl (C=O) groups is 1. The van der Waals surface area contributed by atoms with Gasteiger partial charge in [0.1, 0.15) is 11.4 Å². The van der Waals surface area contributed by atoms with Gasteiger partial charge in [0.2, 0.25) is 0 Å². The highest BCUT2D eigenvalue weighted by molar-refractivity contribution is 14.1. The minimum Gasteiger partial charge on any atom is -0.478 e. The summed E-state index contributed by atoms with van der Waals surface area (Å²) in [5, 5.41) is 8.58. The monoisotopic (exact) mass is 410 g/mol. The summed E-state index contributed by atoms with van der Waals surface area (Å²) >= 11 is 3.01. The van der Waals surface area contributed by atoms with Gasteiger partial charge in [-0.25, -0.2) is 13.6 Å². The van der Waals surface area contributed by atoms with Gasteiger partial charge in [0.05, 0.1) is 7.14 Å². The number of rotatable bonds is 1. The fraction of sp³-hybridized carbons (Fsp3) is 0.